The zero-order valence-electron chi connectivity index (χ0n) is 9.29. The molecule has 2 unspecified atom stereocenters. The molecule has 0 bridgehead atoms. The Morgan fingerprint density at radius 3 is 2.93 bits per heavy atom. The number of likely N-dealkylation sites (N-methyl/N-ethyl adjacent to an activating group) is 1. The third kappa shape index (κ3) is 2.97. The maximum atomic E-state index is 8.94. The zero-order valence-corrected chi connectivity index (χ0v) is 9.29. The number of hydrogen-bond acceptors (Lipinski definition) is 3. The second-order valence-corrected chi connectivity index (χ2v) is 3.94. The Hall–Kier alpha value is -0.590. The van der Waals surface area contributed by atoms with E-state index in [2.05, 4.69) is 23.2 Å². The van der Waals surface area contributed by atoms with Crippen molar-refractivity contribution in [1.82, 2.24) is 10.2 Å². The standard InChI is InChI=1S/C11H21N3/c1-3-11-6-5-7-14(11)9-10(8-12)13-4-2/h10-11,13H,3-7,9H2,1-2H3. The second kappa shape index (κ2) is 6.00. The van der Waals surface area contributed by atoms with Gasteiger partial charge >= 0.3 is 0 Å². The number of hydrogen-bond donors (Lipinski definition) is 1. The molecule has 1 rings (SSSR count). The molecular weight excluding hydrogens is 174 g/mol. The van der Waals surface area contributed by atoms with Crippen LogP contribution >= 0.6 is 0 Å². The Bertz CT molecular complexity index is 197. The maximum absolute atomic E-state index is 8.94. The first-order valence-corrected chi connectivity index (χ1v) is 5.68. The largest absolute Gasteiger partial charge is 0.301 e. The number of likely N-dealkylation sites (tertiary alicyclic amines) is 1. The predicted molar refractivity (Wildman–Crippen MR) is 58.0 cm³/mol. The SMILES string of the molecule is CCNC(C#N)CN1CCCC1CC. The third-order valence-electron chi connectivity index (χ3n) is 2.99. The highest BCUT2D eigenvalue weighted by atomic mass is 15.2. The van der Waals surface area contributed by atoms with E-state index in [1.807, 2.05) is 6.92 Å². The molecule has 80 valence electrons. The first-order valence-electron chi connectivity index (χ1n) is 5.68. The van der Waals surface area contributed by atoms with Crippen molar-refractivity contribution in [2.45, 2.75) is 45.2 Å². The summed E-state index contributed by atoms with van der Waals surface area (Å²) < 4.78 is 0. The van der Waals surface area contributed by atoms with Crippen LogP contribution < -0.4 is 5.32 Å². The fourth-order valence-electron chi connectivity index (χ4n) is 2.23. The van der Waals surface area contributed by atoms with Crippen LogP contribution in [0.25, 0.3) is 0 Å². The number of rotatable bonds is 5. The molecule has 0 aromatic rings. The minimum atomic E-state index is 0.00662. The van der Waals surface area contributed by atoms with Crippen molar-refractivity contribution in [3.05, 3.63) is 0 Å². The first-order chi connectivity index (χ1) is 6.81. The summed E-state index contributed by atoms with van der Waals surface area (Å²) in [5.74, 6) is 0. The zero-order chi connectivity index (χ0) is 10.4. The van der Waals surface area contributed by atoms with Gasteiger partial charge in [-0.15, -0.1) is 0 Å². The minimum Gasteiger partial charge on any atom is -0.301 e. The van der Waals surface area contributed by atoms with Gasteiger partial charge in [-0.1, -0.05) is 13.8 Å². The summed E-state index contributed by atoms with van der Waals surface area (Å²) in [5.41, 5.74) is 0. The fourth-order valence-corrected chi connectivity index (χ4v) is 2.23. The molecule has 1 fully saturated rings. The highest BCUT2D eigenvalue weighted by molar-refractivity contribution is 4.94. The highest BCUT2D eigenvalue weighted by Gasteiger charge is 2.24. The van der Waals surface area contributed by atoms with Crippen LogP contribution in [-0.4, -0.2) is 36.6 Å². The Balaban J connectivity index is 2.37. The van der Waals surface area contributed by atoms with Crippen molar-refractivity contribution in [1.29, 1.82) is 5.26 Å². The molecule has 3 nitrogen and oxygen atoms in total. The monoisotopic (exact) mass is 195 g/mol. The fraction of sp³-hybridized carbons (Fsp3) is 0.909. The van der Waals surface area contributed by atoms with E-state index < -0.39 is 0 Å². The maximum Gasteiger partial charge on any atom is 0.108 e. The Morgan fingerprint density at radius 1 is 1.57 bits per heavy atom. The van der Waals surface area contributed by atoms with Crippen molar-refractivity contribution in [2.75, 3.05) is 19.6 Å². The molecular formula is C11H21N3. The van der Waals surface area contributed by atoms with Gasteiger partial charge in [0, 0.05) is 12.6 Å². The molecule has 2 atom stereocenters. The lowest BCUT2D eigenvalue weighted by Crippen LogP contribution is -2.42. The van der Waals surface area contributed by atoms with Crippen LogP contribution in [0, 0.1) is 11.3 Å². The lowest BCUT2D eigenvalue weighted by Gasteiger charge is -2.25. The molecule has 3 heteroatoms. The van der Waals surface area contributed by atoms with Gasteiger partial charge in [0.05, 0.1) is 6.07 Å². The molecule has 0 aromatic heterocycles. The van der Waals surface area contributed by atoms with Gasteiger partial charge in [-0.3, -0.25) is 4.90 Å². The van der Waals surface area contributed by atoms with Crippen LogP contribution in [0.3, 0.4) is 0 Å². The molecule has 0 aliphatic carbocycles. The Morgan fingerprint density at radius 2 is 2.36 bits per heavy atom. The van der Waals surface area contributed by atoms with E-state index in [9.17, 15) is 0 Å². The number of nitrogens with one attached hydrogen (secondary N) is 1. The summed E-state index contributed by atoms with van der Waals surface area (Å²) in [5, 5.41) is 12.1. The summed E-state index contributed by atoms with van der Waals surface area (Å²) in [6.07, 6.45) is 3.81. The van der Waals surface area contributed by atoms with E-state index in [1.165, 1.54) is 25.8 Å². The topological polar surface area (TPSA) is 39.1 Å². The molecule has 1 N–H and O–H groups in total. The van der Waals surface area contributed by atoms with E-state index >= 15 is 0 Å². The Kier molecular flexibility index (Phi) is 4.92. The van der Waals surface area contributed by atoms with Crippen LogP contribution in [-0.2, 0) is 0 Å². The van der Waals surface area contributed by atoms with E-state index in [4.69, 9.17) is 5.26 Å². The van der Waals surface area contributed by atoms with E-state index in [0.29, 0.717) is 6.04 Å². The van der Waals surface area contributed by atoms with Crippen LogP contribution in [0.5, 0.6) is 0 Å². The highest BCUT2D eigenvalue weighted by Crippen LogP contribution is 2.19. The van der Waals surface area contributed by atoms with Crippen LogP contribution in [0.4, 0.5) is 0 Å². The summed E-state index contributed by atoms with van der Waals surface area (Å²) in [4.78, 5) is 2.45. The van der Waals surface area contributed by atoms with Crippen molar-refractivity contribution >= 4 is 0 Å². The summed E-state index contributed by atoms with van der Waals surface area (Å²) >= 11 is 0. The molecule has 1 saturated heterocycles. The molecule has 0 spiro atoms. The van der Waals surface area contributed by atoms with Gasteiger partial charge in [0.15, 0.2) is 0 Å². The second-order valence-electron chi connectivity index (χ2n) is 3.94. The van der Waals surface area contributed by atoms with Crippen LogP contribution in [0.15, 0.2) is 0 Å². The minimum absolute atomic E-state index is 0.00662. The predicted octanol–water partition coefficient (Wildman–Crippen LogP) is 1.36. The van der Waals surface area contributed by atoms with Crippen molar-refractivity contribution in [3.8, 4) is 6.07 Å². The molecule has 0 radical (unpaired) electrons. The van der Waals surface area contributed by atoms with E-state index in [1.54, 1.807) is 0 Å². The van der Waals surface area contributed by atoms with Gasteiger partial charge in [-0.2, -0.15) is 5.26 Å². The van der Waals surface area contributed by atoms with E-state index in [0.717, 1.165) is 13.1 Å². The van der Waals surface area contributed by atoms with E-state index in [-0.39, 0.29) is 6.04 Å². The smallest absolute Gasteiger partial charge is 0.108 e. The van der Waals surface area contributed by atoms with Gasteiger partial charge < -0.3 is 5.32 Å². The molecule has 0 amide bonds. The lowest BCUT2D eigenvalue weighted by molar-refractivity contribution is 0.235. The number of nitriles is 1. The van der Waals surface area contributed by atoms with Gasteiger partial charge in [-0.05, 0) is 32.4 Å². The molecule has 1 aliphatic rings. The number of nitrogens with zero attached hydrogens (tertiary/aromatic N) is 2. The normalized spacial score (nSPS) is 24.8. The van der Waals surface area contributed by atoms with Crippen molar-refractivity contribution in [3.63, 3.8) is 0 Å². The molecule has 0 saturated carbocycles. The lowest BCUT2D eigenvalue weighted by atomic mass is 10.1. The van der Waals surface area contributed by atoms with Gasteiger partial charge in [0.25, 0.3) is 0 Å². The third-order valence-corrected chi connectivity index (χ3v) is 2.99. The molecule has 1 aliphatic heterocycles. The summed E-state index contributed by atoms with van der Waals surface area (Å²) in [6.45, 7) is 7.22. The van der Waals surface area contributed by atoms with Crippen LogP contribution in [0.2, 0.25) is 0 Å². The Labute approximate surface area is 87.1 Å². The summed E-state index contributed by atoms with van der Waals surface area (Å²) in [7, 11) is 0. The van der Waals surface area contributed by atoms with Gasteiger partial charge in [0.2, 0.25) is 0 Å². The molecule has 0 aromatic carbocycles. The first kappa shape index (κ1) is 11.5. The molecule has 1 heterocycles. The molecule has 14 heavy (non-hydrogen) atoms. The van der Waals surface area contributed by atoms with Crippen LogP contribution in [0.1, 0.15) is 33.1 Å². The summed E-state index contributed by atoms with van der Waals surface area (Å²) in [6, 6.07) is 3.04. The van der Waals surface area contributed by atoms with Crippen molar-refractivity contribution in [2.24, 2.45) is 0 Å². The average Bonchev–Trinajstić information content (AvgIpc) is 2.64. The van der Waals surface area contributed by atoms with Gasteiger partial charge in [-0.25, -0.2) is 0 Å². The van der Waals surface area contributed by atoms with Gasteiger partial charge in [0.1, 0.15) is 6.04 Å². The average molecular weight is 195 g/mol. The van der Waals surface area contributed by atoms with Crippen molar-refractivity contribution < 1.29 is 0 Å². The quantitative estimate of drug-likeness (QED) is 0.720.